The molecule has 2 aliphatic rings. The summed E-state index contributed by atoms with van der Waals surface area (Å²) >= 11 is 5.89. The van der Waals surface area contributed by atoms with Crippen LogP contribution in [0.2, 0.25) is 5.02 Å². The van der Waals surface area contributed by atoms with E-state index in [0.717, 1.165) is 5.69 Å². The first-order valence-corrected chi connectivity index (χ1v) is 10.6. The van der Waals surface area contributed by atoms with Gasteiger partial charge in [0.25, 0.3) is 5.79 Å². The number of ether oxygens (including phenoxy) is 3. The maximum absolute atomic E-state index is 14.6. The topological polar surface area (TPSA) is 51.2 Å². The summed E-state index contributed by atoms with van der Waals surface area (Å²) in [5, 5.41) is 0.309. The van der Waals surface area contributed by atoms with Gasteiger partial charge in [-0.1, -0.05) is 17.7 Å². The number of benzene rings is 2. The number of hydrogen-bond donors (Lipinski definition) is 0. The van der Waals surface area contributed by atoms with E-state index in [2.05, 4.69) is 4.90 Å². The highest BCUT2D eigenvalue weighted by Crippen LogP contribution is 2.49. The molecule has 0 aromatic heterocycles. The van der Waals surface area contributed by atoms with Crippen LogP contribution >= 0.6 is 11.6 Å². The van der Waals surface area contributed by atoms with Crippen molar-refractivity contribution >= 4 is 23.4 Å². The Morgan fingerprint density at radius 3 is 2.48 bits per heavy atom. The zero-order valence-corrected chi connectivity index (χ0v) is 18.8. The smallest absolute Gasteiger partial charge is 0.410 e. The molecule has 1 unspecified atom stereocenters. The number of hydrogen-bond acceptors (Lipinski definition) is 5. The molecule has 0 bridgehead atoms. The Kier molecular flexibility index (Phi) is 5.41. The molecule has 0 radical (unpaired) electrons. The summed E-state index contributed by atoms with van der Waals surface area (Å²) in [6, 6.07) is 10.0. The Morgan fingerprint density at radius 2 is 1.84 bits per heavy atom. The maximum Gasteiger partial charge on any atom is 0.410 e. The average Bonchev–Trinajstić information content (AvgIpc) is 3.03. The summed E-state index contributed by atoms with van der Waals surface area (Å²) < 4.78 is 32.2. The van der Waals surface area contributed by atoms with Crippen LogP contribution in [0.1, 0.15) is 33.3 Å². The van der Waals surface area contributed by atoms with Gasteiger partial charge in [0.15, 0.2) is 11.5 Å². The summed E-state index contributed by atoms with van der Waals surface area (Å²) in [7, 11) is 0. The first-order valence-electron chi connectivity index (χ1n) is 10.3. The SMILES string of the molecule is CC(C)(C)OC(=O)N1CCN(c2cccc3c2OC(C)(c2ccc(Cl)cc2F)O3)CC1. The first kappa shape index (κ1) is 21.6. The van der Waals surface area contributed by atoms with Crippen LogP contribution in [-0.2, 0) is 10.5 Å². The summed E-state index contributed by atoms with van der Waals surface area (Å²) in [5.41, 5.74) is 0.592. The van der Waals surface area contributed by atoms with Crippen LogP contribution in [0.15, 0.2) is 36.4 Å². The molecule has 2 aliphatic heterocycles. The molecule has 0 spiro atoms. The van der Waals surface area contributed by atoms with Crippen LogP contribution in [0, 0.1) is 5.82 Å². The summed E-state index contributed by atoms with van der Waals surface area (Å²) in [4.78, 5) is 16.2. The van der Waals surface area contributed by atoms with Crippen LogP contribution in [0.25, 0.3) is 0 Å². The molecule has 0 N–H and O–H groups in total. The Hall–Kier alpha value is -2.67. The van der Waals surface area contributed by atoms with Crippen molar-refractivity contribution in [1.29, 1.82) is 0 Å². The van der Waals surface area contributed by atoms with Crippen molar-refractivity contribution in [3.8, 4) is 11.5 Å². The molecule has 1 amide bonds. The molecule has 166 valence electrons. The van der Waals surface area contributed by atoms with Crippen molar-refractivity contribution in [2.75, 3.05) is 31.1 Å². The number of fused-ring (bicyclic) bond motifs is 1. The highest BCUT2D eigenvalue weighted by atomic mass is 35.5. The summed E-state index contributed by atoms with van der Waals surface area (Å²) in [6.07, 6.45) is -0.309. The molecule has 2 aromatic carbocycles. The molecule has 2 aromatic rings. The fraction of sp³-hybridized carbons (Fsp3) is 0.435. The lowest BCUT2D eigenvalue weighted by Gasteiger charge is -2.37. The number of anilines is 1. The van der Waals surface area contributed by atoms with Crippen molar-refractivity contribution in [3.63, 3.8) is 0 Å². The van der Waals surface area contributed by atoms with E-state index in [1.54, 1.807) is 30.0 Å². The lowest BCUT2D eigenvalue weighted by Crippen LogP contribution is -2.50. The minimum Gasteiger partial charge on any atom is -0.444 e. The number of amides is 1. The van der Waals surface area contributed by atoms with Gasteiger partial charge in [0.2, 0.25) is 0 Å². The molecule has 2 heterocycles. The van der Waals surface area contributed by atoms with Gasteiger partial charge in [0, 0.05) is 38.1 Å². The molecule has 1 fully saturated rings. The molecular weight excluding hydrogens is 423 g/mol. The zero-order valence-electron chi connectivity index (χ0n) is 18.1. The molecule has 6 nitrogen and oxygen atoms in total. The van der Waals surface area contributed by atoms with Crippen molar-refractivity contribution in [2.24, 2.45) is 0 Å². The van der Waals surface area contributed by atoms with Gasteiger partial charge in [-0.25, -0.2) is 9.18 Å². The van der Waals surface area contributed by atoms with Crippen LogP contribution in [0.5, 0.6) is 11.5 Å². The zero-order chi connectivity index (χ0) is 22.4. The molecule has 1 atom stereocenters. The van der Waals surface area contributed by atoms with Gasteiger partial charge in [0.05, 0.1) is 11.3 Å². The van der Waals surface area contributed by atoms with Crippen LogP contribution in [0.4, 0.5) is 14.9 Å². The summed E-state index contributed by atoms with van der Waals surface area (Å²) in [5.74, 6) is -0.685. The van der Waals surface area contributed by atoms with Gasteiger partial charge in [-0.2, -0.15) is 0 Å². The number of nitrogens with zero attached hydrogens (tertiary/aromatic N) is 2. The fourth-order valence-corrected chi connectivity index (χ4v) is 3.94. The third-order valence-electron chi connectivity index (χ3n) is 5.25. The lowest BCUT2D eigenvalue weighted by atomic mass is 10.1. The highest BCUT2D eigenvalue weighted by molar-refractivity contribution is 6.30. The van der Waals surface area contributed by atoms with Crippen LogP contribution in [-0.4, -0.2) is 42.8 Å². The Labute approximate surface area is 186 Å². The third kappa shape index (κ3) is 4.37. The van der Waals surface area contributed by atoms with E-state index in [4.69, 9.17) is 25.8 Å². The van der Waals surface area contributed by atoms with E-state index < -0.39 is 17.2 Å². The maximum atomic E-state index is 14.6. The van der Waals surface area contributed by atoms with E-state index in [9.17, 15) is 9.18 Å². The number of rotatable bonds is 2. The predicted molar refractivity (Wildman–Crippen MR) is 116 cm³/mol. The van der Waals surface area contributed by atoms with Gasteiger partial charge in [-0.05, 0) is 51.1 Å². The highest BCUT2D eigenvalue weighted by Gasteiger charge is 2.43. The lowest BCUT2D eigenvalue weighted by molar-refractivity contribution is -0.0705. The monoisotopic (exact) mass is 448 g/mol. The van der Waals surface area contributed by atoms with E-state index in [1.807, 2.05) is 32.9 Å². The van der Waals surface area contributed by atoms with Crippen molar-refractivity contribution < 1.29 is 23.4 Å². The third-order valence-corrected chi connectivity index (χ3v) is 5.49. The van der Waals surface area contributed by atoms with E-state index >= 15 is 0 Å². The number of para-hydroxylation sites is 1. The van der Waals surface area contributed by atoms with Gasteiger partial charge in [-0.15, -0.1) is 0 Å². The molecule has 31 heavy (non-hydrogen) atoms. The van der Waals surface area contributed by atoms with E-state index in [1.165, 1.54) is 6.07 Å². The van der Waals surface area contributed by atoms with Gasteiger partial charge in [0.1, 0.15) is 11.4 Å². The molecule has 0 aliphatic carbocycles. The van der Waals surface area contributed by atoms with E-state index in [-0.39, 0.29) is 11.7 Å². The predicted octanol–water partition coefficient (Wildman–Crippen LogP) is 5.18. The standard InChI is InChI=1S/C23H26ClFN2O4/c1-22(2,3)31-21(28)27-12-10-26(11-13-27)18-6-5-7-19-20(18)30-23(4,29-19)16-9-8-15(24)14-17(16)25/h5-9,14H,10-13H2,1-4H3. The molecule has 0 saturated carbocycles. The van der Waals surface area contributed by atoms with Crippen LogP contribution in [0.3, 0.4) is 0 Å². The van der Waals surface area contributed by atoms with Gasteiger partial charge in [-0.3, -0.25) is 0 Å². The van der Waals surface area contributed by atoms with Crippen LogP contribution < -0.4 is 14.4 Å². The van der Waals surface area contributed by atoms with Crippen molar-refractivity contribution in [3.05, 3.63) is 52.8 Å². The Balaban J connectivity index is 1.51. The molecule has 1 saturated heterocycles. The van der Waals surface area contributed by atoms with Gasteiger partial charge < -0.3 is 24.0 Å². The second-order valence-corrected chi connectivity index (χ2v) is 9.27. The number of carbonyl (C=O) groups excluding carboxylic acids is 1. The second-order valence-electron chi connectivity index (χ2n) is 8.83. The number of piperazine rings is 1. The number of carbonyl (C=O) groups is 1. The Morgan fingerprint density at radius 1 is 1.13 bits per heavy atom. The van der Waals surface area contributed by atoms with Crippen molar-refractivity contribution in [2.45, 2.75) is 39.1 Å². The van der Waals surface area contributed by atoms with Crippen molar-refractivity contribution in [1.82, 2.24) is 4.90 Å². The second kappa shape index (κ2) is 7.79. The normalized spacial score (nSPS) is 20.7. The largest absolute Gasteiger partial charge is 0.444 e. The Bertz CT molecular complexity index is 1000. The molecule has 8 heteroatoms. The minimum atomic E-state index is -1.30. The number of halogens is 2. The molecule has 4 rings (SSSR count). The van der Waals surface area contributed by atoms with E-state index in [0.29, 0.717) is 42.7 Å². The quantitative estimate of drug-likeness (QED) is 0.633. The first-order chi connectivity index (χ1) is 14.6. The average molecular weight is 449 g/mol. The minimum absolute atomic E-state index is 0.272. The molecular formula is C23H26ClFN2O4. The fourth-order valence-electron chi connectivity index (χ4n) is 3.79. The summed E-state index contributed by atoms with van der Waals surface area (Å²) in [6.45, 7) is 9.54. The van der Waals surface area contributed by atoms with Gasteiger partial charge >= 0.3 is 6.09 Å².